The van der Waals surface area contributed by atoms with E-state index in [0.717, 1.165) is 0 Å². The highest BCUT2D eigenvalue weighted by molar-refractivity contribution is 6.30. The summed E-state index contributed by atoms with van der Waals surface area (Å²) in [5.74, 6) is -1.32. The van der Waals surface area contributed by atoms with E-state index in [1.54, 1.807) is 24.3 Å². The summed E-state index contributed by atoms with van der Waals surface area (Å²) in [6.07, 6.45) is 1.83. The fourth-order valence-corrected chi connectivity index (χ4v) is 2.43. The molecule has 0 unspecified atom stereocenters. The molecular formula is C13H14ClNO3. The lowest BCUT2D eigenvalue weighted by atomic mass is 10.1. The molecule has 2 rings (SSSR count). The van der Waals surface area contributed by atoms with Crippen molar-refractivity contribution in [1.82, 2.24) is 5.32 Å². The van der Waals surface area contributed by atoms with Crippen molar-refractivity contribution in [3.63, 3.8) is 0 Å². The first-order valence-electron chi connectivity index (χ1n) is 5.85. The maximum absolute atomic E-state index is 11.9. The van der Waals surface area contributed by atoms with Gasteiger partial charge < -0.3 is 10.4 Å². The van der Waals surface area contributed by atoms with E-state index in [1.807, 2.05) is 0 Å². The van der Waals surface area contributed by atoms with Crippen molar-refractivity contribution in [1.29, 1.82) is 0 Å². The highest BCUT2D eigenvalue weighted by Crippen LogP contribution is 2.26. The summed E-state index contributed by atoms with van der Waals surface area (Å²) in [5, 5.41) is 12.2. The van der Waals surface area contributed by atoms with Crippen molar-refractivity contribution in [3.8, 4) is 0 Å². The zero-order chi connectivity index (χ0) is 13.1. The SMILES string of the molecule is O=C(N[C@@H]1CC[C@H](C(=O)O)C1)c1cccc(Cl)c1. The minimum Gasteiger partial charge on any atom is -0.481 e. The van der Waals surface area contributed by atoms with Gasteiger partial charge in [0.1, 0.15) is 0 Å². The van der Waals surface area contributed by atoms with Crippen LogP contribution in [0.1, 0.15) is 29.6 Å². The Kier molecular flexibility index (Phi) is 3.87. The van der Waals surface area contributed by atoms with Crippen molar-refractivity contribution in [2.45, 2.75) is 25.3 Å². The zero-order valence-corrected chi connectivity index (χ0v) is 10.5. The number of hydrogen-bond acceptors (Lipinski definition) is 2. The van der Waals surface area contributed by atoms with Crippen LogP contribution in [0.25, 0.3) is 0 Å². The van der Waals surface area contributed by atoms with Gasteiger partial charge >= 0.3 is 5.97 Å². The third-order valence-electron chi connectivity index (χ3n) is 3.20. The minimum absolute atomic E-state index is 0.0578. The van der Waals surface area contributed by atoms with E-state index in [1.165, 1.54) is 0 Å². The Morgan fingerprint density at radius 2 is 2.11 bits per heavy atom. The van der Waals surface area contributed by atoms with Gasteiger partial charge in [-0.3, -0.25) is 9.59 Å². The Labute approximate surface area is 110 Å². The average Bonchev–Trinajstić information content (AvgIpc) is 2.77. The van der Waals surface area contributed by atoms with Crippen LogP contribution < -0.4 is 5.32 Å². The van der Waals surface area contributed by atoms with Gasteiger partial charge in [0.25, 0.3) is 5.91 Å². The van der Waals surface area contributed by atoms with Gasteiger partial charge in [-0.25, -0.2) is 0 Å². The molecule has 2 atom stereocenters. The fourth-order valence-electron chi connectivity index (χ4n) is 2.24. The Morgan fingerprint density at radius 3 is 2.72 bits per heavy atom. The van der Waals surface area contributed by atoms with Crippen molar-refractivity contribution in [3.05, 3.63) is 34.9 Å². The molecule has 1 saturated carbocycles. The second kappa shape index (κ2) is 5.40. The summed E-state index contributed by atoms with van der Waals surface area (Å²) in [5.41, 5.74) is 0.501. The normalized spacial score (nSPS) is 22.7. The number of halogens is 1. The second-order valence-corrected chi connectivity index (χ2v) is 4.97. The fraction of sp³-hybridized carbons (Fsp3) is 0.385. The summed E-state index contributed by atoms with van der Waals surface area (Å²) in [7, 11) is 0. The van der Waals surface area contributed by atoms with Crippen LogP contribution in [0.4, 0.5) is 0 Å². The van der Waals surface area contributed by atoms with Crippen molar-refractivity contribution >= 4 is 23.5 Å². The average molecular weight is 268 g/mol. The molecule has 0 bridgehead atoms. The van der Waals surface area contributed by atoms with Crippen LogP contribution >= 0.6 is 11.6 Å². The van der Waals surface area contributed by atoms with E-state index in [0.29, 0.717) is 29.8 Å². The number of carbonyl (C=O) groups is 2. The van der Waals surface area contributed by atoms with Crippen LogP contribution in [0.2, 0.25) is 5.02 Å². The predicted molar refractivity (Wildman–Crippen MR) is 67.7 cm³/mol. The van der Waals surface area contributed by atoms with Crippen molar-refractivity contribution in [2.24, 2.45) is 5.92 Å². The van der Waals surface area contributed by atoms with E-state index in [9.17, 15) is 9.59 Å². The Bertz CT molecular complexity index is 475. The van der Waals surface area contributed by atoms with E-state index < -0.39 is 5.97 Å². The molecule has 1 aliphatic carbocycles. The van der Waals surface area contributed by atoms with Gasteiger partial charge in [-0.2, -0.15) is 0 Å². The summed E-state index contributed by atoms with van der Waals surface area (Å²) >= 11 is 5.81. The van der Waals surface area contributed by atoms with E-state index in [2.05, 4.69) is 5.32 Å². The third-order valence-corrected chi connectivity index (χ3v) is 3.44. The molecule has 0 heterocycles. The van der Waals surface area contributed by atoms with Crippen LogP contribution in [0.3, 0.4) is 0 Å². The molecule has 1 aromatic rings. The molecule has 0 saturated heterocycles. The molecule has 1 amide bonds. The van der Waals surface area contributed by atoms with Crippen LogP contribution in [-0.2, 0) is 4.79 Å². The van der Waals surface area contributed by atoms with Crippen molar-refractivity contribution in [2.75, 3.05) is 0 Å². The number of carboxylic acids is 1. The zero-order valence-electron chi connectivity index (χ0n) is 9.73. The minimum atomic E-state index is -0.783. The lowest BCUT2D eigenvalue weighted by Gasteiger charge is -2.12. The first-order chi connectivity index (χ1) is 8.56. The molecule has 0 aliphatic heterocycles. The highest BCUT2D eigenvalue weighted by Gasteiger charge is 2.30. The number of nitrogens with one attached hydrogen (secondary N) is 1. The maximum Gasteiger partial charge on any atom is 0.306 e. The maximum atomic E-state index is 11.9. The predicted octanol–water partition coefficient (Wildman–Crippen LogP) is 2.32. The van der Waals surface area contributed by atoms with E-state index in [-0.39, 0.29) is 17.9 Å². The van der Waals surface area contributed by atoms with E-state index in [4.69, 9.17) is 16.7 Å². The number of hydrogen-bond donors (Lipinski definition) is 2. The molecule has 2 N–H and O–H groups in total. The van der Waals surface area contributed by atoms with Crippen LogP contribution in [0, 0.1) is 5.92 Å². The Morgan fingerprint density at radius 1 is 1.33 bits per heavy atom. The Balaban J connectivity index is 1.95. The largest absolute Gasteiger partial charge is 0.481 e. The molecule has 0 spiro atoms. The van der Waals surface area contributed by atoms with Crippen LogP contribution in [0.15, 0.2) is 24.3 Å². The number of benzene rings is 1. The number of aliphatic carboxylic acids is 1. The first-order valence-corrected chi connectivity index (χ1v) is 6.23. The van der Waals surface area contributed by atoms with Gasteiger partial charge in [-0.15, -0.1) is 0 Å². The molecule has 18 heavy (non-hydrogen) atoms. The molecule has 0 radical (unpaired) electrons. The summed E-state index contributed by atoms with van der Waals surface area (Å²) in [4.78, 5) is 22.7. The lowest BCUT2D eigenvalue weighted by molar-refractivity contribution is -0.141. The summed E-state index contributed by atoms with van der Waals surface area (Å²) < 4.78 is 0. The molecule has 0 aromatic heterocycles. The highest BCUT2D eigenvalue weighted by atomic mass is 35.5. The van der Waals surface area contributed by atoms with Gasteiger partial charge in [0.2, 0.25) is 0 Å². The Hall–Kier alpha value is -1.55. The number of amides is 1. The molecule has 1 aromatic carbocycles. The number of rotatable bonds is 3. The summed E-state index contributed by atoms with van der Waals surface area (Å²) in [6.45, 7) is 0. The lowest BCUT2D eigenvalue weighted by Crippen LogP contribution is -2.33. The molecule has 1 aliphatic rings. The standard InChI is InChI=1S/C13H14ClNO3/c14-10-3-1-2-8(6-10)12(16)15-11-5-4-9(7-11)13(17)18/h1-3,6,9,11H,4-5,7H2,(H,15,16)(H,17,18)/t9-,11+/m0/s1. The molecule has 1 fully saturated rings. The first kappa shape index (κ1) is 12.9. The number of carbonyl (C=O) groups excluding carboxylic acids is 1. The van der Waals surface area contributed by atoms with Gasteiger partial charge in [0.05, 0.1) is 5.92 Å². The smallest absolute Gasteiger partial charge is 0.306 e. The number of carboxylic acid groups (broad SMARTS) is 1. The third kappa shape index (κ3) is 3.01. The van der Waals surface area contributed by atoms with Crippen LogP contribution in [-0.4, -0.2) is 23.0 Å². The molecule has 5 heteroatoms. The van der Waals surface area contributed by atoms with Crippen LogP contribution in [0.5, 0.6) is 0 Å². The summed E-state index contributed by atoms with van der Waals surface area (Å²) in [6, 6.07) is 6.64. The van der Waals surface area contributed by atoms with E-state index >= 15 is 0 Å². The van der Waals surface area contributed by atoms with Gasteiger partial charge in [-0.05, 0) is 37.5 Å². The van der Waals surface area contributed by atoms with Gasteiger partial charge in [-0.1, -0.05) is 17.7 Å². The monoisotopic (exact) mass is 267 g/mol. The molecule has 96 valence electrons. The topological polar surface area (TPSA) is 66.4 Å². The molecule has 4 nitrogen and oxygen atoms in total. The van der Waals surface area contributed by atoms with Gasteiger partial charge in [0, 0.05) is 16.6 Å². The van der Waals surface area contributed by atoms with Gasteiger partial charge in [0.15, 0.2) is 0 Å². The van der Waals surface area contributed by atoms with Crippen molar-refractivity contribution < 1.29 is 14.7 Å². The second-order valence-electron chi connectivity index (χ2n) is 4.53. The molecular weight excluding hydrogens is 254 g/mol. The quantitative estimate of drug-likeness (QED) is 0.883.